The second kappa shape index (κ2) is 6.93. The fourth-order valence-electron chi connectivity index (χ4n) is 3.31. The zero-order valence-electron chi connectivity index (χ0n) is 13.4. The first kappa shape index (κ1) is 16.3. The Bertz CT molecular complexity index is 574. The molecule has 23 heavy (non-hydrogen) atoms. The highest BCUT2D eigenvalue weighted by molar-refractivity contribution is 7.92. The summed E-state index contributed by atoms with van der Waals surface area (Å²) in [5, 5.41) is 0.0508. The molecule has 1 fully saturated rings. The third-order valence-electron chi connectivity index (χ3n) is 4.73. The first-order chi connectivity index (χ1) is 11.0. The Hall–Kier alpha value is -1.53. The number of amides is 2. The van der Waals surface area contributed by atoms with Crippen LogP contribution in [0.25, 0.3) is 0 Å². The van der Waals surface area contributed by atoms with Crippen molar-refractivity contribution in [2.75, 3.05) is 31.9 Å². The minimum Gasteiger partial charge on any atom is -0.616 e. The molecule has 2 amide bonds. The predicted molar refractivity (Wildman–Crippen MR) is 89.5 cm³/mol. The molecule has 0 saturated carbocycles. The van der Waals surface area contributed by atoms with Crippen molar-refractivity contribution in [2.24, 2.45) is 0 Å². The Morgan fingerprint density at radius 2 is 1.61 bits per heavy atom. The first-order valence-electron chi connectivity index (χ1n) is 8.02. The molecule has 1 atom stereocenters. The van der Waals surface area contributed by atoms with Crippen LogP contribution in [0.3, 0.4) is 0 Å². The number of hydrogen-bond donors (Lipinski definition) is 0. The molecule has 1 aromatic carbocycles. The minimum atomic E-state index is -1.14. The highest BCUT2D eigenvalue weighted by atomic mass is 32.2. The molecule has 1 aliphatic carbocycles. The molecular weight excluding hydrogens is 312 g/mol. The zero-order chi connectivity index (χ0) is 16.4. The number of carbonyl (C=O) groups excluding carboxylic acids is 2. The lowest BCUT2D eigenvalue weighted by atomic mass is 10.1. The number of hydrogen-bond acceptors (Lipinski definition) is 3. The summed E-state index contributed by atoms with van der Waals surface area (Å²) in [6, 6.07) is 8.16. The largest absolute Gasteiger partial charge is 0.616 e. The van der Waals surface area contributed by atoms with E-state index in [9.17, 15) is 14.1 Å². The summed E-state index contributed by atoms with van der Waals surface area (Å²) in [4.78, 5) is 27.1. The molecule has 1 saturated heterocycles. The molecule has 0 bridgehead atoms. The summed E-state index contributed by atoms with van der Waals surface area (Å²) in [6.45, 7) is 3.77. The normalized spacial score (nSPS) is 19.6. The maximum atomic E-state index is 12.5. The van der Waals surface area contributed by atoms with Gasteiger partial charge in [-0.1, -0.05) is 24.3 Å². The average Bonchev–Trinajstić information content (AvgIpc) is 2.99. The van der Waals surface area contributed by atoms with Gasteiger partial charge in [0.1, 0.15) is 5.25 Å². The van der Waals surface area contributed by atoms with Crippen LogP contribution in [0.1, 0.15) is 18.1 Å². The van der Waals surface area contributed by atoms with Crippen LogP contribution in [0.2, 0.25) is 0 Å². The van der Waals surface area contributed by atoms with Gasteiger partial charge in [-0.05, 0) is 22.3 Å². The average molecular weight is 334 g/mol. The molecule has 0 radical (unpaired) electrons. The van der Waals surface area contributed by atoms with Crippen molar-refractivity contribution >= 4 is 23.0 Å². The number of piperazine rings is 1. The van der Waals surface area contributed by atoms with E-state index in [-0.39, 0.29) is 22.8 Å². The van der Waals surface area contributed by atoms with Crippen LogP contribution in [-0.4, -0.2) is 63.3 Å². The van der Waals surface area contributed by atoms with E-state index in [1.54, 1.807) is 16.7 Å². The third kappa shape index (κ3) is 3.70. The van der Waals surface area contributed by atoms with Crippen LogP contribution in [0.15, 0.2) is 24.3 Å². The van der Waals surface area contributed by atoms with Gasteiger partial charge in [0.15, 0.2) is 5.75 Å². The Morgan fingerprint density at radius 1 is 1.09 bits per heavy atom. The molecular formula is C17H22N2O3S. The molecule has 6 heteroatoms. The standard InChI is InChI=1S/C17H22N2O3S/c1-13(20)18-6-8-19(9-7-18)17(21)12-23(22)16-10-14-4-2-3-5-15(14)11-16/h2-5,16H,6-12H2,1H3. The number of fused-ring (bicyclic) bond motifs is 1. The Kier molecular flexibility index (Phi) is 4.92. The van der Waals surface area contributed by atoms with E-state index < -0.39 is 11.2 Å². The smallest absolute Gasteiger partial charge is 0.272 e. The molecule has 1 heterocycles. The number of carbonyl (C=O) groups is 2. The quantitative estimate of drug-likeness (QED) is 0.760. The van der Waals surface area contributed by atoms with E-state index in [2.05, 4.69) is 12.1 Å². The number of nitrogens with zero attached hydrogens (tertiary/aromatic N) is 2. The van der Waals surface area contributed by atoms with E-state index in [0.717, 1.165) is 12.8 Å². The van der Waals surface area contributed by atoms with Gasteiger partial charge in [0.25, 0.3) is 5.91 Å². The Morgan fingerprint density at radius 3 is 2.13 bits per heavy atom. The minimum absolute atomic E-state index is 0.0457. The van der Waals surface area contributed by atoms with Crippen LogP contribution in [0.5, 0.6) is 0 Å². The van der Waals surface area contributed by atoms with E-state index in [0.29, 0.717) is 26.2 Å². The molecule has 0 N–H and O–H groups in total. The SMILES string of the molecule is CC(=O)N1CCN(C(=O)C[S+]([O-])C2Cc3ccccc3C2)CC1. The van der Waals surface area contributed by atoms with E-state index >= 15 is 0 Å². The number of rotatable bonds is 3. The second-order valence-corrected chi connectivity index (χ2v) is 7.93. The molecule has 1 unspecified atom stereocenters. The van der Waals surface area contributed by atoms with Gasteiger partial charge in [-0.25, -0.2) is 0 Å². The lowest BCUT2D eigenvalue weighted by Crippen LogP contribution is -2.51. The summed E-state index contributed by atoms with van der Waals surface area (Å²) >= 11 is -1.14. The lowest BCUT2D eigenvalue weighted by molar-refractivity contribution is -0.136. The summed E-state index contributed by atoms with van der Waals surface area (Å²) < 4.78 is 12.5. The van der Waals surface area contributed by atoms with Crippen molar-refractivity contribution < 1.29 is 14.1 Å². The molecule has 0 aromatic heterocycles. The lowest BCUT2D eigenvalue weighted by Gasteiger charge is -2.34. The molecule has 3 rings (SSSR count). The fourth-order valence-corrected chi connectivity index (χ4v) is 4.70. The summed E-state index contributed by atoms with van der Waals surface area (Å²) in [5.41, 5.74) is 2.52. The van der Waals surface area contributed by atoms with Crippen molar-refractivity contribution in [3.05, 3.63) is 35.4 Å². The van der Waals surface area contributed by atoms with E-state index in [4.69, 9.17) is 0 Å². The van der Waals surface area contributed by atoms with Crippen molar-refractivity contribution in [1.82, 2.24) is 9.80 Å². The van der Waals surface area contributed by atoms with Gasteiger partial charge in [-0.3, -0.25) is 9.59 Å². The van der Waals surface area contributed by atoms with Crippen LogP contribution >= 0.6 is 0 Å². The predicted octanol–water partition coefficient (Wildman–Crippen LogP) is 0.593. The molecule has 5 nitrogen and oxygen atoms in total. The van der Waals surface area contributed by atoms with Gasteiger partial charge < -0.3 is 14.4 Å². The van der Waals surface area contributed by atoms with Gasteiger partial charge in [0.05, 0.1) is 0 Å². The monoisotopic (exact) mass is 334 g/mol. The topological polar surface area (TPSA) is 63.7 Å². The third-order valence-corrected chi connectivity index (χ3v) is 6.34. The maximum Gasteiger partial charge on any atom is 0.272 e. The van der Waals surface area contributed by atoms with Gasteiger partial charge in [-0.15, -0.1) is 0 Å². The summed E-state index contributed by atoms with van der Waals surface area (Å²) in [5.74, 6) is 0.0884. The van der Waals surface area contributed by atoms with Crippen LogP contribution < -0.4 is 0 Å². The number of benzene rings is 1. The van der Waals surface area contributed by atoms with Crippen molar-refractivity contribution in [3.8, 4) is 0 Å². The molecule has 1 aromatic rings. The summed E-state index contributed by atoms with van der Waals surface area (Å²) in [7, 11) is 0. The van der Waals surface area contributed by atoms with Crippen LogP contribution in [0.4, 0.5) is 0 Å². The first-order valence-corrected chi connectivity index (χ1v) is 9.40. The van der Waals surface area contributed by atoms with Crippen molar-refractivity contribution in [2.45, 2.75) is 25.0 Å². The maximum absolute atomic E-state index is 12.5. The highest BCUT2D eigenvalue weighted by Crippen LogP contribution is 2.26. The van der Waals surface area contributed by atoms with Crippen LogP contribution in [-0.2, 0) is 33.6 Å². The van der Waals surface area contributed by atoms with Gasteiger partial charge in [-0.2, -0.15) is 0 Å². The Balaban J connectivity index is 1.50. The van der Waals surface area contributed by atoms with Crippen LogP contribution in [0, 0.1) is 0 Å². The molecule has 124 valence electrons. The Labute approximate surface area is 139 Å². The van der Waals surface area contributed by atoms with Gasteiger partial charge in [0.2, 0.25) is 5.91 Å². The molecule has 0 spiro atoms. The van der Waals surface area contributed by atoms with E-state index in [1.165, 1.54) is 11.1 Å². The molecule has 1 aliphatic heterocycles. The summed E-state index contributed by atoms with van der Waals surface area (Å²) in [6.07, 6.45) is 1.60. The second-order valence-electron chi connectivity index (χ2n) is 6.21. The van der Waals surface area contributed by atoms with Gasteiger partial charge >= 0.3 is 0 Å². The van der Waals surface area contributed by atoms with Crippen molar-refractivity contribution in [1.29, 1.82) is 0 Å². The molecule has 2 aliphatic rings. The van der Waals surface area contributed by atoms with E-state index in [1.807, 2.05) is 12.1 Å². The van der Waals surface area contributed by atoms with Crippen molar-refractivity contribution in [3.63, 3.8) is 0 Å². The zero-order valence-corrected chi connectivity index (χ0v) is 14.2. The fraction of sp³-hybridized carbons (Fsp3) is 0.529. The highest BCUT2D eigenvalue weighted by Gasteiger charge is 2.33. The van der Waals surface area contributed by atoms with Gasteiger partial charge in [0, 0.05) is 45.9 Å².